The van der Waals surface area contributed by atoms with Gasteiger partial charge in [0.1, 0.15) is 11.5 Å². The third-order valence-corrected chi connectivity index (χ3v) is 4.39. The molecule has 0 fully saturated rings. The molecular weight excluding hydrogens is 322 g/mol. The summed E-state index contributed by atoms with van der Waals surface area (Å²) in [5, 5.41) is 7.78. The van der Waals surface area contributed by atoms with Gasteiger partial charge in [-0.1, -0.05) is 42.5 Å². The van der Waals surface area contributed by atoms with Gasteiger partial charge in [-0.2, -0.15) is 5.10 Å². The fourth-order valence-corrected chi connectivity index (χ4v) is 3.17. The smallest absolute Gasteiger partial charge is 0.142 e. The van der Waals surface area contributed by atoms with Crippen molar-refractivity contribution in [3.63, 3.8) is 0 Å². The first-order valence-corrected chi connectivity index (χ1v) is 8.39. The van der Waals surface area contributed by atoms with Crippen LogP contribution < -0.4 is 0 Å². The van der Waals surface area contributed by atoms with Crippen LogP contribution in [0.2, 0.25) is 0 Å². The van der Waals surface area contributed by atoms with Gasteiger partial charge in [0.2, 0.25) is 0 Å². The molecule has 5 nitrogen and oxygen atoms in total. The van der Waals surface area contributed by atoms with Crippen LogP contribution in [0.3, 0.4) is 0 Å². The van der Waals surface area contributed by atoms with Crippen molar-refractivity contribution in [1.29, 1.82) is 0 Å². The van der Waals surface area contributed by atoms with Gasteiger partial charge in [-0.3, -0.25) is 10.1 Å². The fraction of sp³-hybridized carbons (Fsp3) is 0. The molecule has 0 saturated carbocycles. The van der Waals surface area contributed by atoms with Crippen LogP contribution in [0.1, 0.15) is 0 Å². The molecule has 3 aromatic heterocycles. The number of aromatic amines is 2. The van der Waals surface area contributed by atoms with Gasteiger partial charge in [0.25, 0.3) is 0 Å². The lowest BCUT2D eigenvalue weighted by atomic mass is 10.0. The van der Waals surface area contributed by atoms with Gasteiger partial charge < -0.3 is 4.98 Å². The third kappa shape index (κ3) is 2.38. The first-order chi connectivity index (χ1) is 12.9. The minimum atomic E-state index is 0.789. The monoisotopic (exact) mass is 337 g/mol. The maximum Gasteiger partial charge on any atom is 0.142 e. The Labute approximate surface area is 149 Å². The van der Waals surface area contributed by atoms with E-state index in [4.69, 9.17) is 4.98 Å². The number of H-pyrrole nitrogens is 2. The minimum Gasteiger partial charge on any atom is -0.338 e. The van der Waals surface area contributed by atoms with Crippen molar-refractivity contribution in [2.75, 3.05) is 0 Å². The summed E-state index contributed by atoms with van der Waals surface area (Å²) in [6, 6.07) is 22.1. The second-order valence-corrected chi connectivity index (χ2v) is 6.03. The summed E-state index contributed by atoms with van der Waals surface area (Å²) in [5.41, 5.74) is 6.64. The van der Waals surface area contributed by atoms with E-state index in [0.29, 0.717) is 0 Å². The highest BCUT2D eigenvalue weighted by molar-refractivity contribution is 5.91. The lowest BCUT2D eigenvalue weighted by Gasteiger charge is -2.04. The summed E-state index contributed by atoms with van der Waals surface area (Å²) >= 11 is 0. The van der Waals surface area contributed by atoms with Gasteiger partial charge in [0, 0.05) is 23.5 Å². The zero-order chi connectivity index (χ0) is 17.3. The topological polar surface area (TPSA) is 70.2 Å². The van der Waals surface area contributed by atoms with Crippen molar-refractivity contribution < 1.29 is 0 Å². The molecule has 26 heavy (non-hydrogen) atoms. The Morgan fingerprint density at radius 2 is 1.58 bits per heavy atom. The van der Waals surface area contributed by atoms with Crippen LogP contribution in [0.4, 0.5) is 0 Å². The molecule has 0 spiro atoms. The van der Waals surface area contributed by atoms with Crippen molar-refractivity contribution in [3.8, 4) is 33.9 Å². The third-order valence-electron chi connectivity index (χ3n) is 4.39. The quantitative estimate of drug-likeness (QED) is 0.502. The Bertz CT molecular complexity index is 1080. The number of hydrogen-bond donors (Lipinski definition) is 2. The summed E-state index contributed by atoms with van der Waals surface area (Å²) in [4.78, 5) is 12.5. The number of imidazole rings is 1. The Morgan fingerprint density at radius 3 is 2.38 bits per heavy atom. The SMILES string of the molecule is c1ccc(-c2[nH]nc(-c3cccnc3)c2-c2nc3ccccc3[nH]2)cc1. The maximum atomic E-state index is 4.79. The average molecular weight is 337 g/mol. The number of nitrogens with one attached hydrogen (secondary N) is 2. The maximum absolute atomic E-state index is 4.79. The van der Waals surface area contributed by atoms with Gasteiger partial charge in [0.15, 0.2) is 0 Å². The molecule has 5 heteroatoms. The summed E-state index contributed by atoms with van der Waals surface area (Å²) in [5.74, 6) is 0.789. The Kier molecular flexibility index (Phi) is 3.35. The number of pyridine rings is 1. The van der Waals surface area contributed by atoms with Crippen LogP contribution in [0, 0.1) is 0 Å². The highest BCUT2D eigenvalue weighted by Crippen LogP contribution is 2.37. The number of fused-ring (bicyclic) bond motifs is 1. The number of hydrogen-bond acceptors (Lipinski definition) is 3. The molecule has 5 aromatic rings. The molecule has 3 heterocycles. The van der Waals surface area contributed by atoms with Gasteiger partial charge in [0.05, 0.1) is 22.3 Å². The highest BCUT2D eigenvalue weighted by Gasteiger charge is 2.20. The van der Waals surface area contributed by atoms with Crippen molar-refractivity contribution in [2.45, 2.75) is 0 Å². The Hall–Kier alpha value is -3.73. The summed E-state index contributed by atoms with van der Waals surface area (Å²) in [6.45, 7) is 0. The highest BCUT2D eigenvalue weighted by atomic mass is 15.1. The van der Waals surface area contributed by atoms with Crippen LogP contribution in [0.25, 0.3) is 44.9 Å². The summed E-state index contributed by atoms with van der Waals surface area (Å²) < 4.78 is 0. The number of nitrogens with zero attached hydrogens (tertiary/aromatic N) is 3. The fourth-order valence-electron chi connectivity index (χ4n) is 3.17. The predicted octanol–water partition coefficient (Wildman–Crippen LogP) is 4.68. The van der Waals surface area contributed by atoms with Crippen LogP contribution >= 0.6 is 0 Å². The molecule has 0 amide bonds. The number of rotatable bonds is 3. The normalized spacial score (nSPS) is 11.1. The molecule has 2 N–H and O–H groups in total. The van der Waals surface area contributed by atoms with Crippen molar-refractivity contribution in [1.82, 2.24) is 25.1 Å². The van der Waals surface area contributed by atoms with Gasteiger partial charge in [-0.15, -0.1) is 0 Å². The number of aromatic nitrogens is 5. The largest absolute Gasteiger partial charge is 0.338 e. The zero-order valence-corrected chi connectivity index (χ0v) is 13.8. The molecule has 124 valence electrons. The molecule has 0 bridgehead atoms. The van der Waals surface area contributed by atoms with Crippen LogP contribution in [-0.2, 0) is 0 Å². The Balaban J connectivity index is 1.79. The van der Waals surface area contributed by atoms with E-state index in [0.717, 1.165) is 44.9 Å². The molecule has 0 unspecified atom stereocenters. The lowest BCUT2D eigenvalue weighted by molar-refractivity contribution is 1.10. The molecule has 0 aliphatic rings. The molecule has 0 saturated heterocycles. The second kappa shape index (κ2) is 5.97. The van der Waals surface area contributed by atoms with E-state index in [-0.39, 0.29) is 0 Å². The van der Waals surface area contributed by atoms with E-state index < -0.39 is 0 Å². The number of para-hydroxylation sites is 2. The molecule has 0 aliphatic carbocycles. The van der Waals surface area contributed by atoms with Crippen LogP contribution in [-0.4, -0.2) is 25.1 Å². The van der Waals surface area contributed by atoms with Gasteiger partial charge in [-0.25, -0.2) is 4.98 Å². The first kappa shape index (κ1) is 14.6. The van der Waals surface area contributed by atoms with E-state index in [2.05, 4.69) is 32.3 Å². The van der Waals surface area contributed by atoms with Crippen molar-refractivity contribution in [2.24, 2.45) is 0 Å². The second-order valence-electron chi connectivity index (χ2n) is 6.03. The van der Waals surface area contributed by atoms with Crippen molar-refractivity contribution in [3.05, 3.63) is 79.1 Å². The van der Waals surface area contributed by atoms with Crippen LogP contribution in [0.5, 0.6) is 0 Å². The molecule has 2 aromatic carbocycles. The summed E-state index contributed by atoms with van der Waals surface area (Å²) in [6.07, 6.45) is 3.58. The summed E-state index contributed by atoms with van der Waals surface area (Å²) in [7, 11) is 0. The van der Waals surface area contributed by atoms with Gasteiger partial charge >= 0.3 is 0 Å². The van der Waals surface area contributed by atoms with E-state index in [1.807, 2.05) is 60.8 Å². The van der Waals surface area contributed by atoms with E-state index >= 15 is 0 Å². The molecule has 0 aliphatic heterocycles. The molecule has 0 radical (unpaired) electrons. The van der Waals surface area contributed by atoms with Crippen molar-refractivity contribution >= 4 is 11.0 Å². The lowest BCUT2D eigenvalue weighted by Crippen LogP contribution is -1.87. The standard InChI is InChI=1S/C21H15N5/c1-2-7-14(8-3-1)19-18(20(26-25-19)15-9-6-12-22-13-15)21-23-16-10-4-5-11-17(16)24-21/h1-13H,(H,23,24)(H,25,26). The first-order valence-electron chi connectivity index (χ1n) is 8.39. The number of benzene rings is 2. The molecule has 0 atom stereocenters. The zero-order valence-electron chi connectivity index (χ0n) is 13.8. The molecular formula is C21H15N5. The van der Waals surface area contributed by atoms with E-state index in [1.54, 1.807) is 6.20 Å². The van der Waals surface area contributed by atoms with Crippen LogP contribution in [0.15, 0.2) is 79.1 Å². The predicted molar refractivity (Wildman–Crippen MR) is 102 cm³/mol. The Morgan fingerprint density at radius 1 is 0.769 bits per heavy atom. The van der Waals surface area contributed by atoms with Gasteiger partial charge in [-0.05, 0) is 24.3 Å². The minimum absolute atomic E-state index is 0.789. The molecule has 5 rings (SSSR count). The average Bonchev–Trinajstić information content (AvgIpc) is 3.33. The van der Waals surface area contributed by atoms with E-state index in [9.17, 15) is 0 Å². The van der Waals surface area contributed by atoms with E-state index in [1.165, 1.54) is 0 Å².